The second-order valence-corrected chi connectivity index (χ2v) is 3.99. The van der Waals surface area contributed by atoms with Crippen LogP contribution in [-0.2, 0) is 4.57 Å². The average Bonchev–Trinajstić information content (AvgIpc) is 2.41. The molecule has 0 spiro atoms. The third kappa shape index (κ3) is 7.95. The Hall–Kier alpha value is -1.87. The molecule has 100 valence electrons. The van der Waals surface area contributed by atoms with Gasteiger partial charge in [0.15, 0.2) is 0 Å². The van der Waals surface area contributed by atoms with Crippen molar-refractivity contribution in [2.75, 3.05) is 0 Å². The van der Waals surface area contributed by atoms with Crippen LogP contribution >= 0.6 is 8.25 Å². The van der Waals surface area contributed by atoms with Gasteiger partial charge in [-0.05, 0) is 23.8 Å². The van der Waals surface area contributed by atoms with Gasteiger partial charge < -0.3 is 14.5 Å². The van der Waals surface area contributed by atoms with Crippen LogP contribution in [0.25, 0.3) is 6.08 Å². The van der Waals surface area contributed by atoms with E-state index < -0.39 is 8.25 Å². The first-order valence-corrected chi connectivity index (χ1v) is 6.84. The first-order valence-electron chi connectivity index (χ1n) is 5.53. The van der Waals surface area contributed by atoms with Crippen molar-refractivity contribution >= 4 is 14.3 Å². The summed E-state index contributed by atoms with van der Waals surface area (Å²) < 4.78 is 14.2. The van der Waals surface area contributed by atoms with E-state index in [1.165, 1.54) is 0 Å². The topological polar surface area (TPSA) is 66.8 Å². The van der Waals surface area contributed by atoms with Crippen LogP contribution in [0.4, 0.5) is 0 Å². The van der Waals surface area contributed by atoms with Crippen LogP contribution in [0.2, 0.25) is 0 Å². The first kappa shape index (κ1) is 15.2. The molecule has 2 rings (SSSR count). The number of ether oxygens (including phenoxy) is 1. The molecule has 0 aromatic heterocycles. The molecule has 2 aromatic rings. The van der Waals surface area contributed by atoms with Crippen molar-refractivity contribution < 1.29 is 19.1 Å². The lowest BCUT2D eigenvalue weighted by Gasteiger charge is -1.98. The summed E-state index contributed by atoms with van der Waals surface area (Å²) in [4.78, 5) is 14.3. The maximum atomic E-state index is 8.74. The Labute approximate surface area is 112 Å². The standard InChI is InChI=1S/C14H12O.H3O3P/c1-3-7-13(8-4-1)11-12-15-14-9-5-2-6-10-14;1-4(2)3/h1-12H;4H,(H2,1,2,3). The van der Waals surface area contributed by atoms with Gasteiger partial charge in [0.1, 0.15) is 5.75 Å². The minimum absolute atomic E-state index is 0.852. The fourth-order valence-corrected chi connectivity index (χ4v) is 1.25. The van der Waals surface area contributed by atoms with Crippen molar-refractivity contribution in [3.63, 3.8) is 0 Å². The molecule has 0 unspecified atom stereocenters. The highest BCUT2D eigenvalue weighted by Gasteiger charge is 1.86. The Morgan fingerprint density at radius 3 is 1.89 bits per heavy atom. The Bertz CT molecular complexity index is 507. The highest BCUT2D eigenvalue weighted by molar-refractivity contribution is 7.30. The molecule has 5 heteroatoms. The van der Waals surface area contributed by atoms with Gasteiger partial charge >= 0.3 is 8.25 Å². The minimum Gasteiger partial charge on any atom is -0.465 e. The van der Waals surface area contributed by atoms with Gasteiger partial charge in [0, 0.05) is 0 Å². The molecular formula is C14H15O4P. The molecule has 0 aliphatic rings. The number of rotatable bonds is 3. The quantitative estimate of drug-likeness (QED) is 0.668. The third-order valence-corrected chi connectivity index (χ3v) is 2.01. The normalized spacial score (nSPS) is 10.1. The molecule has 0 bridgehead atoms. The molecule has 0 aliphatic heterocycles. The number of benzene rings is 2. The first-order chi connectivity index (χ1) is 9.18. The fraction of sp³-hybridized carbons (Fsp3) is 0. The second-order valence-electron chi connectivity index (χ2n) is 3.43. The third-order valence-electron chi connectivity index (χ3n) is 2.01. The zero-order valence-corrected chi connectivity index (χ0v) is 11.1. The zero-order chi connectivity index (χ0) is 13.9. The van der Waals surface area contributed by atoms with E-state index >= 15 is 0 Å². The molecule has 2 N–H and O–H groups in total. The summed E-state index contributed by atoms with van der Waals surface area (Å²) in [5.41, 5.74) is 1.13. The number of hydrogen-bond acceptors (Lipinski definition) is 2. The lowest BCUT2D eigenvalue weighted by atomic mass is 10.2. The van der Waals surface area contributed by atoms with Crippen LogP contribution in [0.5, 0.6) is 5.75 Å². The highest BCUT2D eigenvalue weighted by Crippen LogP contribution is 2.09. The van der Waals surface area contributed by atoms with Gasteiger partial charge in [0.05, 0.1) is 6.26 Å². The zero-order valence-electron chi connectivity index (χ0n) is 10.1. The fourth-order valence-electron chi connectivity index (χ4n) is 1.25. The van der Waals surface area contributed by atoms with Crippen LogP contribution in [0.15, 0.2) is 66.9 Å². The van der Waals surface area contributed by atoms with Crippen molar-refractivity contribution in [1.29, 1.82) is 0 Å². The highest BCUT2D eigenvalue weighted by atomic mass is 31.1. The van der Waals surface area contributed by atoms with Gasteiger partial charge in [0.2, 0.25) is 0 Å². The SMILES string of the molecule is C(=Cc1ccccc1)Oc1ccccc1.O=[PH](O)O. The lowest BCUT2D eigenvalue weighted by molar-refractivity contribution is 0.405. The molecule has 0 fully saturated rings. The molecule has 0 saturated carbocycles. The molecule has 0 amide bonds. The van der Waals surface area contributed by atoms with Crippen molar-refractivity contribution in [2.24, 2.45) is 0 Å². The molecule has 2 aromatic carbocycles. The Morgan fingerprint density at radius 2 is 1.37 bits per heavy atom. The lowest BCUT2D eigenvalue weighted by Crippen LogP contribution is -1.80. The number of para-hydroxylation sites is 1. The molecule has 0 heterocycles. The van der Waals surface area contributed by atoms with Gasteiger partial charge in [-0.2, -0.15) is 0 Å². The summed E-state index contributed by atoms with van der Waals surface area (Å²) in [7, 11) is -3.13. The van der Waals surface area contributed by atoms with E-state index in [4.69, 9.17) is 19.1 Å². The maximum absolute atomic E-state index is 8.74. The molecule has 0 radical (unpaired) electrons. The van der Waals surface area contributed by atoms with Crippen LogP contribution in [0, 0.1) is 0 Å². The van der Waals surface area contributed by atoms with Crippen molar-refractivity contribution in [3.8, 4) is 5.75 Å². The Morgan fingerprint density at radius 1 is 0.895 bits per heavy atom. The van der Waals surface area contributed by atoms with Gasteiger partial charge in [-0.15, -0.1) is 0 Å². The smallest absolute Gasteiger partial charge is 0.314 e. The van der Waals surface area contributed by atoms with E-state index in [1.54, 1.807) is 6.26 Å². The molecule has 4 nitrogen and oxygen atoms in total. The minimum atomic E-state index is -3.13. The van der Waals surface area contributed by atoms with Crippen LogP contribution in [-0.4, -0.2) is 9.79 Å². The monoisotopic (exact) mass is 278 g/mol. The van der Waals surface area contributed by atoms with Gasteiger partial charge in [-0.3, -0.25) is 4.57 Å². The van der Waals surface area contributed by atoms with Gasteiger partial charge in [-0.25, -0.2) is 0 Å². The molecule has 0 aliphatic carbocycles. The second kappa shape index (κ2) is 9.11. The van der Waals surface area contributed by atoms with Crippen LogP contribution in [0.1, 0.15) is 5.56 Å². The van der Waals surface area contributed by atoms with Gasteiger partial charge in [-0.1, -0.05) is 48.5 Å². The molecule has 0 atom stereocenters. The Kier molecular flexibility index (Phi) is 7.28. The molecule has 19 heavy (non-hydrogen) atoms. The van der Waals surface area contributed by atoms with E-state index in [0.717, 1.165) is 11.3 Å². The van der Waals surface area contributed by atoms with Crippen LogP contribution < -0.4 is 4.74 Å². The van der Waals surface area contributed by atoms with E-state index in [9.17, 15) is 0 Å². The Balaban J connectivity index is 0.000000399. The summed E-state index contributed by atoms with van der Waals surface area (Å²) in [6.07, 6.45) is 3.64. The summed E-state index contributed by atoms with van der Waals surface area (Å²) in [5, 5.41) is 0. The maximum Gasteiger partial charge on any atom is 0.314 e. The molecular weight excluding hydrogens is 263 g/mol. The summed E-state index contributed by atoms with van der Waals surface area (Å²) in [5.74, 6) is 0.852. The predicted molar refractivity (Wildman–Crippen MR) is 76.0 cm³/mol. The molecule has 0 saturated heterocycles. The van der Waals surface area contributed by atoms with Crippen molar-refractivity contribution in [3.05, 3.63) is 72.5 Å². The summed E-state index contributed by atoms with van der Waals surface area (Å²) in [6.45, 7) is 0. The van der Waals surface area contributed by atoms with Crippen LogP contribution in [0.3, 0.4) is 0 Å². The number of hydrogen-bond donors (Lipinski definition) is 2. The van der Waals surface area contributed by atoms with Gasteiger partial charge in [0.25, 0.3) is 0 Å². The summed E-state index contributed by atoms with van der Waals surface area (Å²) in [6, 6.07) is 19.8. The predicted octanol–water partition coefficient (Wildman–Crippen LogP) is 3.10. The van der Waals surface area contributed by atoms with E-state index in [0.29, 0.717) is 0 Å². The van der Waals surface area contributed by atoms with E-state index in [-0.39, 0.29) is 0 Å². The van der Waals surface area contributed by atoms with Crippen molar-refractivity contribution in [2.45, 2.75) is 0 Å². The summed E-state index contributed by atoms with van der Waals surface area (Å²) >= 11 is 0. The van der Waals surface area contributed by atoms with E-state index in [1.807, 2.05) is 66.7 Å². The van der Waals surface area contributed by atoms with E-state index in [2.05, 4.69) is 0 Å². The van der Waals surface area contributed by atoms with Crippen molar-refractivity contribution in [1.82, 2.24) is 0 Å². The average molecular weight is 278 g/mol. The largest absolute Gasteiger partial charge is 0.465 e.